The van der Waals surface area contributed by atoms with Crippen LogP contribution in [-0.2, 0) is 6.67 Å². The average molecular weight is 260 g/mol. The van der Waals surface area contributed by atoms with E-state index in [1.54, 1.807) is 12.3 Å². The first-order valence-corrected chi connectivity index (χ1v) is 4.01. The fourth-order valence-corrected chi connectivity index (χ4v) is 1.20. The van der Waals surface area contributed by atoms with E-state index in [1.165, 1.54) is 10.6 Å². The highest BCUT2D eigenvalue weighted by Gasteiger charge is 1.95. The van der Waals surface area contributed by atoms with Crippen LogP contribution in [0.15, 0.2) is 23.1 Å². The summed E-state index contributed by atoms with van der Waals surface area (Å²) in [6.45, 7) is 6.68. The Balaban J connectivity index is 3.15. The molecule has 0 bridgehead atoms. The van der Waals surface area contributed by atoms with Gasteiger partial charge in [-0.2, -0.15) is 0 Å². The maximum absolute atomic E-state index is 11.0. The molecule has 0 saturated heterocycles. The van der Waals surface area contributed by atoms with Gasteiger partial charge in [-0.25, -0.2) is 11.1 Å². The topological polar surface area (TPSA) is 26.4 Å². The van der Waals surface area contributed by atoms with Crippen molar-refractivity contribution >= 4 is 22.6 Å². The van der Waals surface area contributed by atoms with Gasteiger partial charge in [-0.1, -0.05) is 0 Å². The van der Waals surface area contributed by atoms with Gasteiger partial charge in [0.1, 0.15) is 0 Å². The Morgan fingerprint density at radius 2 is 2.36 bits per heavy atom. The second kappa shape index (κ2) is 3.53. The van der Waals surface area contributed by atoms with E-state index in [0.717, 1.165) is 3.57 Å². The highest BCUT2D eigenvalue weighted by Crippen LogP contribution is 1.99. The van der Waals surface area contributed by atoms with Crippen molar-refractivity contribution in [3.63, 3.8) is 0 Å². The predicted molar refractivity (Wildman–Crippen MR) is 50.0 cm³/mol. The summed E-state index contributed by atoms with van der Waals surface area (Å²) in [5, 5.41) is 0. The van der Waals surface area contributed by atoms with E-state index in [9.17, 15) is 4.79 Å². The van der Waals surface area contributed by atoms with Crippen LogP contribution < -0.4 is 5.56 Å². The highest BCUT2D eigenvalue weighted by molar-refractivity contribution is 14.1. The van der Waals surface area contributed by atoms with Crippen molar-refractivity contribution in [1.82, 2.24) is 4.57 Å². The Labute approximate surface area is 77.6 Å². The van der Waals surface area contributed by atoms with Crippen LogP contribution in [0, 0.1) is 10.1 Å². The van der Waals surface area contributed by atoms with Gasteiger partial charge in [0.2, 0.25) is 0 Å². The molecule has 56 valence electrons. The van der Waals surface area contributed by atoms with E-state index < -0.39 is 0 Å². The van der Waals surface area contributed by atoms with Crippen LogP contribution in [0.2, 0.25) is 0 Å². The molecule has 0 aliphatic heterocycles. The Morgan fingerprint density at radius 1 is 1.64 bits per heavy atom. The summed E-state index contributed by atoms with van der Waals surface area (Å²) >= 11 is 2.10. The van der Waals surface area contributed by atoms with Crippen molar-refractivity contribution in [2.24, 2.45) is 0 Å². The van der Waals surface area contributed by atoms with Crippen molar-refractivity contribution in [1.29, 1.82) is 0 Å². The fraction of sp³-hybridized carbons (Fsp3) is 0.143. The summed E-state index contributed by atoms with van der Waals surface area (Å²) in [5.74, 6) is 0. The van der Waals surface area contributed by atoms with Gasteiger partial charge in [-0.05, 0) is 28.7 Å². The zero-order valence-electron chi connectivity index (χ0n) is 5.62. The molecule has 3 nitrogen and oxygen atoms in total. The number of hydrogen-bond acceptors (Lipinski definition) is 1. The van der Waals surface area contributed by atoms with Gasteiger partial charge in [0.15, 0.2) is 0 Å². The monoisotopic (exact) mass is 260 g/mol. The number of hydrogen-bond donors (Lipinski definition) is 0. The van der Waals surface area contributed by atoms with E-state index >= 15 is 0 Å². The van der Waals surface area contributed by atoms with Crippen LogP contribution in [0.25, 0.3) is 4.85 Å². The standard InChI is InChI=1S/C7H5IN2O/c1-9-5-10-4-6(8)2-3-7(10)11/h2-4H,5H2. The van der Waals surface area contributed by atoms with E-state index in [4.69, 9.17) is 6.57 Å². The molecule has 0 saturated carbocycles. The molecule has 0 unspecified atom stereocenters. The van der Waals surface area contributed by atoms with E-state index in [-0.39, 0.29) is 12.2 Å². The van der Waals surface area contributed by atoms with Gasteiger partial charge in [0.05, 0.1) is 0 Å². The summed E-state index contributed by atoms with van der Waals surface area (Å²) in [6.07, 6.45) is 1.67. The largest absolute Gasteiger partial charge is 0.295 e. The number of pyridine rings is 1. The van der Waals surface area contributed by atoms with Crippen LogP contribution in [0.1, 0.15) is 0 Å². The van der Waals surface area contributed by atoms with Gasteiger partial charge in [0, 0.05) is 15.8 Å². The van der Waals surface area contributed by atoms with Crippen molar-refractivity contribution in [3.8, 4) is 0 Å². The minimum Gasteiger partial charge on any atom is -0.292 e. The summed E-state index contributed by atoms with van der Waals surface area (Å²) in [5.41, 5.74) is -0.124. The molecule has 1 aromatic rings. The summed E-state index contributed by atoms with van der Waals surface area (Å²) in [4.78, 5) is 14.1. The van der Waals surface area contributed by atoms with E-state index in [0.29, 0.717) is 0 Å². The van der Waals surface area contributed by atoms with Gasteiger partial charge in [-0.15, -0.1) is 0 Å². The average Bonchev–Trinajstić information content (AvgIpc) is 1.98. The van der Waals surface area contributed by atoms with Crippen LogP contribution in [0.3, 0.4) is 0 Å². The maximum atomic E-state index is 11.0. The summed E-state index contributed by atoms with van der Waals surface area (Å²) in [7, 11) is 0. The molecular weight excluding hydrogens is 255 g/mol. The molecule has 0 spiro atoms. The molecule has 0 aliphatic carbocycles. The van der Waals surface area contributed by atoms with Crippen molar-refractivity contribution in [2.45, 2.75) is 6.67 Å². The lowest BCUT2D eigenvalue weighted by atomic mass is 10.5. The molecule has 0 aromatic carbocycles. The summed E-state index contributed by atoms with van der Waals surface area (Å²) < 4.78 is 2.35. The van der Waals surface area contributed by atoms with Gasteiger partial charge >= 0.3 is 0 Å². The normalized spacial score (nSPS) is 9.09. The fourth-order valence-electron chi connectivity index (χ4n) is 0.689. The van der Waals surface area contributed by atoms with Crippen molar-refractivity contribution in [3.05, 3.63) is 43.7 Å². The van der Waals surface area contributed by atoms with Gasteiger partial charge in [-0.3, -0.25) is 9.64 Å². The molecule has 0 N–H and O–H groups in total. The molecule has 0 aliphatic rings. The van der Waals surface area contributed by atoms with Crippen LogP contribution in [-0.4, -0.2) is 4.57 Å². The maximum Gasteiger partial charge on any atom is 0.295 e. The lowest BCUT2D eigenvalue weighted by molar-refractivity contribution is 0.772. The Kier molecular flexibility index (Phi) is 2.65. The third kappa shape index (κ3) is 2.05. The number of halogens is 1. The Hall–Kier alpha value is -0.830. The van der Waals surface area contributed by atoms with E-state index in [2.05, 4.69) is 27.4 Å². The first-order valence-electron chi connectivity index (χ1n) is 2.93. The molecule has 0 atom stereocenters. The lowest BCUT2D eigenvalue weighted by Crippen LogP contribution is -2.16. The second-order valence-electron chi connectivity index (χ2n) is 1.95. The molecule has 0 fully saturated rings. The minimum atomic E-state index is -0.124. The van der Waals surface area contributed by atoms with E-state index in [1.807, 2.05) is 0 Å². The number of nitrogens with zero attached hydrogens (tertiary/aromatic N) is 2. The minimum absolute atomic E-state index is 0.107. The van der Waals surface area contributed by atoms with Gasteiger partial charge < -0.3 is 0 Å². The molecule has 11 heavy (non-hydrogen) atoms. The molecule has 4 heteroatoms. The molecule has 1 heterocycles. The molecule has 1 aromatic heterocycles. The van der Waals surface area contributed by atoms with Crippen LogP contribution >= 0.6 is 22.6 Å². The third-order valence-corrected chi connectivity index (χ3v) is 1.81. The quantitative estimate of drug-likeness (QED) is 0.552. The second-order valence-corrected chi connectivity index (χ2v) is 3.20. The Bertz CT molecular complexity index is 350. The van der Waals surface area contributed by atoms with Crippen molar-refractivity contribution < 1.29 is 0 Å². The van der Waals surface area contributed by atoms with Crippen LogP contribution in [0.4, 0.5) is 0 Å². The molecule has 0 radical (unpaired) electrons. The smallest absolute Gasteiger partial charge is 0.292 e. The third-order valence-electron chi connectivity index (χ3n) is 1.17. The first kappa shape index (κ1) is 8.27. The van der Waals surface area contributed by atoms with Crippen molar-refractivity contribution in [2.75, 3.05) is 0 Å². The van der Waals surface area contributed by atoms with Gasteiger partial charge in [0.25, 0.3) is 12.2 Å². The molecular formula is C7H5IN2O. The molecule has 0 amide bonds. The zero-order valence-corrected chi connectivity index (χ0v) is 7.78. The SMILES string of the molecule is [C-]#[N+]Cn1cc(I)ccc1=O. The first-order chi connectivity index (χ1) is 5.24. The number of rotatable bonds is 1. The predicted octanol–water partition coefficient (Wildman–Crippen LogP) is 1.33. The Morgan fingerprint density at radius 3 is 3.00 bits per heavy atom. The van der Waals surface area contributed by atoms with Crippen LogP contribution in [0.5, 0.6) is 0 Å². The highest BCUT2D eigenvalue weighted by atomic mass is 127. The molecule has 1 rings (SSSR count). The lowest BCUT2D eigenvalue weighted by Gasteiger charge is -1.95. The summed E-state index contributed by atoms with van der Waals surface area (Å²) in [6, 6.07) is 3.19. The zero-order chi connectivity index (χ0) is 8.27. The number of aromatic nitrogens is 1.